The van der Waals surface area contributed by atoms with Crippen molar-refractivity contribution in [1.29, 1.82) is 0 Å². The Bertz CT molecular complexity index is 651. The second-order valence-corrected chi connectivity index (χ2v) is 5.19. The summed E-state index contributed by atoms with van der Waals surface area (Å²) in [4.78, 5) is 14.2. The highest BCUT2D eigenvalue weighted by Crippen LogP contribution is 2.19. The molecule has 0 aliphatic heterocycles. The number of aryl methyl sites for hydroxylation is 2. The van der Waals surface area contributed by atoms with Crippen LogP contribution in [0, 0.1) is 19.7 Å². The predicted molar refractivity (Wildman–Crippen MR) is 84.5 cm³/mol. The van der Waals surface area contributed by atoms with Gasteiger partial charge in [0.15, 0.2) is 5.78 Å². The Kier molecular flexibility index (Phi) is 4.73. The van der Waals surface area contributed by atoms with Gasteiger partial charge in [0, 0.05) is 12.1 Å². The summed E-state index contributed by atoms with van der Waals surface area (Å²) in [6.07, 6.45) is 0. The van der Waals surface area contributed by atoms with Gasteiger partial charge in [0.25, 0.3) is 0 Å². The molecular weight excluding hydrogens is 265 g/mol. The molecule has 0 bridgehead atoms. The van der Waals surface area contributed by atoms with Gasteiger partial charge in [-0.15, -0.1) is 0 Å². The molecule has 0 saturated carbocycles. The zero-order valence-electron chi connectivity index (χ0n) is 12.7. The summed E-state index contributed by atoms with van der Waals surface area (Å²) in [6.45, 7) is 6.68. The highest BCUT2D eigenvalue weighted by atomic mass is 19.1. The Balaban J connectivity index is 2.20. The molecule has 0 aliphatic rings. The van der Waals surface area contributed by atoms with Gasteiger partial charge in [0.05, 0.1) is 12.2 Å². The molecule has 2 aromatic carbocycles. The first-order valence-electron chi connectivity index (χ1n) is 7.13. The molecule has 0 saturated heterocycles. The third-order valence-electron chi connectivity index (χ3n) is 3.74. The van der Waals surface area contributed by atoms with Crippen LogP contribution in [0.25, 0.3) is 0 Å². The Labute approximate surface area is 125 Å². The van der Waals surface area contributed by atoms with Gasteiger partial charge in [-0.05, 0) is 50.1 Å². The predicted octanol–water partition coefficient (Wildman–Crippen LogP) is 4.15. The number of carbonyl (C=O) groups excluding carboxylic acids is 1. The van der Waals surface area contributed by atoms with E-state index in [-0.39, 0.29) is 18.1 Å². The number of hydrogen-bond donors (Lipinski definition) is 0. The first kappa shape index (κ1) is 15.2. The molecule has 3 heteroatoms. The van der Waals surface area contributed by atoms with E-state index in [1.54, 1.807) is 23.1 Å². The minimum atomic E-state index is -0.299. The van der Waals surface area contributed by atoms with Crippen molar-refractivity contribution in [3.63, 3.8) is 0 Å². The molecule has 0 aliphatic carbocycles. The molecule has 0 amide bonds. The monoisotopic (exact) mass is 285 g/mol. The zero-order chi connectivity index (χ0) is 15.4. The lowest BCUT2D eigenvalue weighted by Gasteiger charge is -2.22. The number of Topliss-reactive ketones (excluding diaryl/α,β-unsaturated/α-hetero) is 1. The molecule has 110 valence electrons. The Morgan fingerprint density at radius 3 is 2.43 bits per heavy atom. The van der Waals surface area contributed by atoms with Crippen LogP contribution < -0.4 is 4.90 Å². The molecule has 21 heavy (non-hydrogen) atoms. The van der Waals surface area contributed by atoms with Crippen molar-refractivity contribution >= 4 is 11.5 Å². The minimum Gasteiger partial charge on any atom is -0.362 e. The second-order valence-electron chi connectivity index (χ2n) is 5.19. The van der Waals surface area contributed by atoms with Gasteiger partial charge in [-0.25, -0.2) is 4.39 Å². The van der Waals surface area contributed by atoms with Crippen molar-refractivity contribution in [1.82, 2.24) is 0 Å². The molecule has 0 spiro atoms. The SMILES string of the molecule is CCN(CC(=O)c1ccc(C)c(C)c1)c1ccccc1F. The van der Waals surface area contributed by atoms with Crippen LogP contribution in [0.3, 0.4) is 0 Å². The van der Waals surface area contributed by atoms with E-state index in [1.807, 2.05) is 39.0 Å². The fourth-order valence-corrected chi connectivity index (χ4v) is 2.26. The van der Waals surface area contributed by atoms with Crippen LogP contribution in [-0.2, 0) is 0 Å². The van der Waals surface area contributed by atoms with E-state index in [2.05, 4.69) is 0 Å². The van der Waals surface area contributed by atoms with Crippen molar-refractivity contribution in [2.75, 3.05) is 18.0 Å². The number of rotatable bonds is 5. The average molecular weight is 285 g/mol. The van der Waals surface area contributed by atoms with Gasteiger partial charge in [-0.3, -0.25) is 4.79 Å². The zero-order valence-corrected chi connectivity index (χ0v) is 12.7. The number of benzene rings is 2. The van der Waals surface area contributed by atoms with E-state index in [0.717, 1.165) is 11.1 Å². The normalized spacial score (nSPS) is 10.5. The van der Waals surface area contributed by atoms with Gasteiger partial charge >= 0.3 is 0 Å². The maximum atomic E-state index is 13.8. The third kappa shape index (κ3) is 3.48. The van der Waals surface area contributed by atoms with E-state index < -0.39 is 0 Å². The van der Waals surface area contributed by atoms with Crippen molar-refractivity contribution in [3.05, 3.63) is 65.0 Å². The molecule has 0 fully saturated rings. The molecule has 2 rings (SSSR count). The van der Waals surface area contributed by atoms with Crippen LogP contribution in [0.5, 0.6) is 0 Å². The first-order chi connectivity index (χ1) is 10.0. The van der Waals surface area contributed by atoms with E-state index in [9.17, 15) is 9.18 Å². The van der Waals surface area contributed by atoms with Gasteiger partial charge in [0.1, 0.15) is 5.82 Å². The molecule has 2 aromatic rings. The number of para-hydroxylation sites is 1. The highest BCUT2D eigenvalue weighted by Gasteiger charge is 2.15. The van der Waals surface area contributed by atoms with E-state index in [4.69, 9.17) is 0 Å². The summed E-state index contributed by atoms with van der Waals surface area (Å²) < 4.78 is 13.8. The minimum absolute atomic E-state index is 0.00297. The van der Waals surface area contributed by atoms with Gasteiger partial charge < -0.3 is 4.90 Å². The number of likely N-dealkylation sites (N-methyl/N-ethyl adjacent to an activating group) is 1. The van der Waals surface area contributed by atoms with Crippen molar-refractivity contribution < 1.29 is 9.18 Å². The lowest BCUT2D eigenvalue weighted by molar-refractivity contribution is 0.0999. The maximum Gasteiger partial charge on any atom is 0.182 e. The molecule has 2 nitrogen and oxygen atoms in total. The lowest BCUT2D eigenvalue weighted by Crippen LogP contribution is -2.30. The van der Waals surface area contributed by atoms with Crippen LogP contribution in [0.4, 0.5) is 10.1 Å². The average Bonchev–Trinajstić information content (AvgIpc) is 2.48. The fourth-order valence-electron chi connectivity index (χ4n) is 2.26. The molecule has 0 heterocycles. The summed E-state index contributed by atoms with van der Waals surface area (Å²) in [5.41, 5.74) is 3.40. The van der Waals surface area contributed by atoms with Crippen LogP contribution in [0.15, 0.2) is 42.5 Å². The Morgan fingerprint density at radius 2 is 1.81 bits per heavy atom. The summed E-state index contributed by atoms with van der Waals surface area (Å²) in [5.74, 6) is -0.296. The van der Waals surface area contributed by atoms with Crippen LogP contribution in [0.2, 0.25) is 0 Å². The van der Waals surface area contributed by atoms with Gasteiger partial charge in [-0.2, -0.15) is 0 Å². The van der Waals surface area contributed by atoms with Crippen LogP contribution in [-0.4, -0.2) is 18.9 Å². The van der Waals surface area contributed by atoms with Crippen molar-refractivity contribution in [2.24, 2.45) is 0 Å². The summed E-state index contributed by atoms with van der Waals surface area (Å²) in [6, 6.07) is 12.2. The molecule has 0 aromatic heterocycles. The summed E-state index contributed by atoms with van der Waals surface area (Å²) in [7, 11) is 0. The standard InChI is InChI=1S/C18H20FNO/c1-4-20(17-8-6-5-7-16(17)19)12-18(21)15-10-9-13(2)14(3)11-15/h5-11H,4,12H2,1-3H3. The Morgan fingerprint density at radius 1 is 1.10 bits per heavy atom. The van der Waals surface area contributed by atoms with Gasteiger partial charge in [-0.1, -0.05) is 24.3 Å². The highest BCUT2D eigenvalue weighted by molar-refractivity contribution is 5.99. The largest absolute Gasteiger partial charge is 0.362 e. The molecule has 0 radical (unpaired) electrons. The number of halogens is 1. The quantitative estimate of drug-likeness (QED) is 0.769. The van der Waals surface area contributed by atoms with Crippen LogP contribution in [0.1, 0.15) is 28.4 Å². The van der Waals surface area contributed by atoms with Crippen molar-refractivity contribution in [2.45, 2.75) is 20.8 Å². The third-order valence-corrected chi connectivity index (χ3v) is 3.74. The molecular formula is C18H20FNO. The second kappa shape index (κ2) is 6.53. The number of anilines is 1. The summed E-state index contributed by atoms with van der Waals surface area (Å²) in [5, 5.41) is 0. The summed E-state index contributed by atoms with van der Waals surface area (Å²) >= 11 is 0. The molecule has 0 N–H and O–H groups in total. The van der Waals surface area contributed by atoms with Gasteiger partial charge in [0.2, 0.25) is 0 Å². The fraction of sp³-hybridized carbons (Fsp3) is 0.278. The van der Waals surface area contributed by atoms with Crippen molar-refractivity contribution in [3.8, 4) is 0 Å². The Hall–Kier alpha value is -2.16. The first-order valence-corrected chi connectivity index (χ1v) is 7.13. The molecule has 0 unspecified atom stereocenters. The number of ketones is 1. The van der Waals surface area contributed by atoms with E-state index in [0.29, 0.717) is 17.8 Å². The van der Waals surface area contributed by atoms with E-state index >= 15 is 0 Å². The maximum absolute atomic E-state index is 13.8. The number of carbonyl (C=O) groups is 1. The van der Waals surface area contributed by atoms with Crippen LogP contribution >= 0.6 is 0 Å². The number of nitrogens with zero attached hydrogens (tertiary/aromatic N) is 1. The lowest BCUT2D eigenvalue weighted by atomic mass is 10.0. The number of hydrogen-bond acceptors (Lipinski definition) is 2. The topological polar surface area (TPSA) is 20.3 Å². The van der Waals surface area contributed by atoms with E-state index in [1.165, 1.54) is 6.07 Å². The molecule has 0 atom stereocenters. The smallest absolute Gasteiger partial charge is 0.182 e.